The first kappa shape index (κ1) is 26.9. The van der Waals surface area contributed by atoms with Gasteiger partial charge in [0, 0.05) is 22.9 Å². The Morgan fingerprint density at radius 1 is 0.444 bits per heavy atom. The van der Waals surface area contributed by atoms with Crippen LogP contribution in [0.2, 0.25) is 0 Å². The van der Waals surface area contributed by atoms with Crippen LogP contribution in [0.4, 0.5) is 0 Å². The fourth-order valence-electron chi connectivity index (χ4n) is 7.00. The maximum absolute atomic E-state index is 4.90. The molecule has 7 aromatic rings. The standard InChI is InChI=1S/C42H31N3/c1-28-22-23-43-39(24-28)31-14-11-17-34(25-31)42(33-15-7-4-8-16-33)37-19-10-9-18-35(37)36-26-32(20-21-38(36)42)41-27-40(44-29(2)45-41)30-12-5-3-6-13-30/h3-27H,1-2H3. The second-order valence-electron chi connectivity index (χ2n) is 11.8. The fourth-order valence-corrected chi connectivity index (χ4v) is 7.00. The number of rotatable bonds is 5. The van der Waals surface area contributed by atoms with Gasteiger partial charge in [0.15, 0.2) is 0 Å². The summed E-state index contributed by atoms with van der Waals surface area (Å²) in [6, 6.07) is 52.2. The van der Waals surface area contributed by atoms with E-state index in [1.807, 2.05) is 37.4 Å². The van der Waals surface area contributed by atoms with E-state index in [2.05, 4.69) is 128 Å². The summed E-state index contributed by atoms with van der Waals surface area (Å²) in [4.78, 5) is 14.4. The summed E-state index contributed by atoms with van der Waals surface area (Å²) in [5, 5.41) is 0. The van der Waals surface area contributed by atoms with Gasteiger partial charge in [-0.2, -0.15) is 0 Å². The Morgan fingerprint density at radius 3 is 1.89 bits per heavy atom. The van der Waals surface area contributed by atoms with Gasteiger partial charge in [-0.25, -0.2) is 9.97 Å². The third-order valence-electron chi connectivity index (χ3n) is 8.96. The molecule has 3 nitrogen and oxygen atoms in total. The predicted octanol–water partition coefficient (Wildman–Crippen LogP) is 9.85. The van der Waals surface area contributed by atoms with Crippen LogP contribution in [0.25, 0.3) is 44.9 Å². The van der Waals surface area contributed by atoms with Crippen LogP contribution in [0.3, 0.4) is 0 Å². The van der Waals surface area contributed by atoms with Crippen LogP contribution in [0, 0.1) is 13.8 Å². The van der Waals surface area contributed by atoms with Gasteiger partial charge < -0.3 is 0 Å². The van der Waals surface area contributed by atoms with Crippen molar-refractivity contribution in [1.82, 2.24) is 15.0 Å². The third kappa shape index (κ3) is 4.47. The van der Waals surface area contributed by atoms with Crippen molar-refractivity contribution >= 4 is 0 Å². The molecule has 0 aliphatic heterocycles. The predicted molar refractivity (Wildman–Crippen MR) is 183 cm³/mol. The highest BCUT2D eigenvalue weighted by Crippen LogP contribution is 2.56. The molecule has 3 heteroatoms. The smallest absolute Gasteiger partial charge is 0.126 e. The van der Waals surface area contributed by atoms with Gasteiger partial charge in [0.1, 0.15) is 5.82 Å². The normalized spacial score (nSPS) is 15.0. The van der Waals surface area contributed by atoms with Crippen molar-refractivity contribution in [1.29, 1.82) is 0 Å². The maximum Gasteiger partial charge on any atom is 0.126 e. The summed E-state index contributed by atoms with van der Waals surface area (Å²) in [5.41, 5.74) is 14.3. The molecule has 0 radical (unpaired) electrons. The first-order valence-electron chi connectivity index (χ1n) is 15.4. The molecule has 214 valence electrons. The molecule has 0 spiro atoms. The lowest BCUT2D eigenvalue weighted by Gasteiger charge is -2.34. The highest BCUT2D eigenvalue weighted by Gasteiger charge is 2.46. The van der Waals surface area contributed by atoms with Crippen LogP contribution >= 0.6 is 0 Å². The number of aromatic nitrogens is 3. The molecule has 0 saturated heterocycles. The Bertz CT molecular complexity index is 2190. The van der Waals surface area contributed by atoms with E-state index in [9.17, 15) is 0 Å². The Kier molecular flexibility index (Phi) is 6.46. The fraction of sp³-hybridized carbons (Fsp3) is 0.0714. The second kappa shape index (κ2) is 10.8. The van der Waals surface area contributed by atoms with E-state index in [0.29, 0.717) is 0 Å². The van der Waals surface area contributed by atoms with Crippen molar-refractivity contribution in [2.75, 3.05) is 0 Å². The minimum atomic E-state index is -0.498. The van der Waals surface area contributed by atoms with Gasteiger partial charge in [-0.3, -0.25) is 4.98 Å². The lowest BCUT2D eigenvalue weighted by atomic mass is 9.67. The summed E-state index contributed by atoms with van der Waals surface area (Å²) < 4.78 is 0. The summed E-state index contributed by atoms with van der Waals surface area (Å²) in [6.45, 7) is 4.08. The van der Waals surface area contributed by atoms with Crippen molar-refractivity contribution in [2.45, 2.75) is 19.3 Å². The zero-order valence-electron chi connectivity index (χ0n) is 25.3. The monoisotopic (exact) mass is 577 g/mol. The first-order chi connectivity index (χ1) is 22.1. The van der Waals surface area contributed by atoms with Crippen molar-refractivity contribution in [2.24, 2.45) is 0 Å². The molecule has 0 bridgehead atoms. The van der Waals surface area contributed by atoms with Gasteiger partial charge in [0.2, 0.25) is 0 Å². The molecular formula is C42H31N3. The second-order valence-corrected chi connectivity index (χ2v) is 11.8. The molecule has 2 heterocycles. The molecule has 1 atom stereocenters. The minimum Gasteiger partial charge on any atom is -0.256 e. The van der Waals surface area contributed by atoms with E-state index >= 15 is 0 Å². The topological polar surface area (TPSA) is 38.7 Å². The number of pyridine rings is 1. The van der Waals surface area contributed by atoms with Crippen LogP contribution in [0.5, 0.6) is 0 Å². The van der Waals surface area contributed by atoms with Gasteiger partial charge in [0.05, 0.1) is 22.5 Å². The lowest BCUT2D eigenvalue weighted by Crippen LogP contribution is -2.28. The van der Waals surface area contributed by atoms with Gasteiger partial charge in [-0.15, -0.1) is 0 Å². The zero-order chi connectivity index (χ0) is 30.4. The van der Waals surface area contributed by atoms with E-state index in [4.69, 9.17) is 15.0 Å². The number of fused-ring (bicyclic) bond motifs is 3. The molecule has 0 N–H and O–H groups in total. The third-order valence-corrected chi connectivity index (χ3v) is 8.96. The molecule has 1 aliphatic carbocycles. The maximum atomic E-state index is 4.90. The number of hydrogen-bond acceptors (Lipinski definition) is 3. The van der Waals surface area contributed by atoms with Crippen LogP contribution in [0.15, 0.2) is 152 Å². The lowest BCUT2D eigenvalue weighted by molar-refractivity contribution is 0.769. The Balaban J connectivity index is 1.37. The average Bonchev–Trinajstić information content (AvgIpc) is 3.39. The molecule has 0 amide bonds. The molecule has 45 heavy (non-hydrogen) atoms. The number of hydrogen-bond donors (Lipinski definition) is 0. The van der Waals surface area contributed by atoms with Gasteiger partial charge in [0.25, 0.3) is 0 Å². The van der Waals surface area contributed by atoms with E-state index < -0.39 is 5.41 Å². The quantitative estimate of drug-likeness (QED) is 0.204. The first-order valence-corrected chi connectivity index (χ1v) is 15.4. The van der Waals surface area contributed by atoms with Crippen LogP contribution in [-0.4, -0.2) is 15.0 Å². The molecule has 5 aromatic carbocycles. The molecule has 1 unspecified atom stereocenters. The molecular weight excluding hydrogens is 546 g/mol. The van der Waals surface area contributed by atoms with Crippen molar-refractivity contribution in [3.8, 4) is 44.9 Å². The summed E-state index contributed by atoms with van der Waals surface area (Å²) in [6.07, 6.45) is 1.89. The molecule has 0 fully saturated rings. The Morgan fingerprint density at radius 2 is 1.09 bits per heavy atom. The van der Waals surface area contributed by atoms with Gasteiger partial charge in [-0.05, 0) is 83.1 Å². The Labute approximate surface area is 264 Å². The molecule has 2 aromatic heterocycles. The van der Waals surface area contributed by atoms with Crippen LogP contribution in [0.1, 0.15) is 33.6 Å². The largest absolute Gasteiger partial charge is 0.256 e. The number of nitrogens with zero attached hydrogens (tertiary/aromatic N) is 3. The highest BCUT2D eigenvalue weighted by atomic mass is 14.9. The van der Waals surface area contributed by atoms with Gasteiger partial charge in [-0.1, -0.05) is 115 Å². The average molecular weight is 578 g/mol. The van der Waals surface area contributed by atoms with E-state index in [1.54, 1.807) is 0 Å². The summed E-state index contributed by atoms with van der Waals surface area (Å²) in [7, 11) is 0. The van der Waals surface area contributed by atoms with Crippen LogP contribution in [-0.2, 0) is 5.41 Å². The molecule has 8 rings (SSSR count). The number of aryl methyl sites for hydroxylation is 2. The molecule has 0 saturated carbocycles. The van der Waals surface area contributed by atoms with E-state index in [0.717, 1.165) is 39.6 Å². The van der Waals surface area contributed by atoms with Crippen LogP contribution < -0.4 is 0 Å². The molecule has 1 aliphatic rings. The highest BCUT2D eigenvalue weighted by molar-refractivity contribution is 5.89. The van der Waals surface area contributed by atoms with E-state index in [1.165, 1.54) is 38.9 Å². The summed E-state index contributed by atoms with van der Waals surface area (Å²) in [5.74, 6) is 0.757. The van der Waals surface area contributed by atoms with Crippen molar-refractivity contribution < 1.29 is 0 Å². The Hall–Kier alpha value is -5.67. The number of benzene rings is 5. The van der Waals surface area contributed by atoms with Gasteiger partial charge >= 0.3 is 0 Å². The SMILES string of the molecule is Cc1ccnc(-c2cccc(C3(c4ccccc4)c4ccccc4-c4cc(-c5cc(-c6ccccc6)nc(C)n5)ccc43)c2)c1. The minimum absolute atomic E-state index is 0.498. The van der Waals surface area contributed by atoms with Crippen molar-refractivity contribution in [3.05, 3.63) is 185 Å². The zero-order valence-corrected chi connectivity index (χ0v) is 25.3. The summed E-state index contributed by atoms with van der Waals surface area (Å²) >= 11 is 0. The van der Waals surface area contributed by atoms with Crippen molar-refractivity contribution in [3.63, 3.8) is 0 Å². The van der Waals surface area contributed by atoms with E-state index in [-0.39, 0.29) is 0 Å².